The zero-order chi connectivity index (χ0) is 11.1. The van der Waals surface area contributed by atoms with E-state index in [1.165, 1.54) is 14.2 Å². The van der Waals surface area contributed by atoms with Crippen molar-refractivity contribution in [3.8, 4) is 0 Å². The van der Waals surface area contributed by atoms with Gasteiger partial charge in [0.1, 0.15) is 6.04 Å². The molecule has 0 rings (SSSR count). The average molecular weight is 203 g/mol. The maximum Gasteiger partial charge on any atom is 0.322 e. The molecule has 0 saturated heterocycles. The van der Waals surface area contributed by atoms with Gasteiger partial charge < -0.3 is 9.47 Å². The summed E-state index contributed by atoms with van der Waals surface area (Å²) in [6, 6.07) is -0.343. The van der Waals surface area contributed by atoms with Crippen molar-refractivity contribution in [1.82, 2.24) is 4.90 Å². The molecule has 0 heterocycles. The van der Waals surface area contributed by atoms with E-state index < -0.39 is 0 Å². The molecular formula is C9H17NO4. The topological polar surface area (TPSA) is 55.8 Å². The number of likely N-dealkylation sites (N-methyl/N-ethyl adjacent to an activating group) is 1. The maximum atomic E-state index is 11.1. The van der Waals surface area contributed by atoms with Gasteiger partial charge in [0, 0.05) is 6.54 Å². The van der Waals surface area contributed by atoms with Crippen molar-refractivity contribution < 1.29 is 19.1 Å². The minimum atomic E-state index is -0.343. The van der Waals surface area contributed by atoms with Crippen LogP contribution in [0, 0.1) is 0 Å². The highest BCUT2D eigenvalue weighted by Gasteiger charge is 2.18. The molecule has 0 aliphatic rings. The Balaban J connectivity index is 3.89. The minimum absolute atomic E-state index is 0.272. The fourth-order valence-electron chi connectivity index (χ4n) is 0.914. The van der Waals surface area contributed by atoms with Crippen LogP contribution in [0.3, 0.4) is 0 Å². The third kappa shape index (κ3) is 4.23. The number of hydrogen-bond donors (Lipinski definition) is 0. The van der Waals surface area contributed by atoms with Gasteiger partial charge in [0.2, 0.25) is 0 Å². The highest BCUT2D eigenvalue weighted by atomic mass is 16.5. The molecule has 82 valence electrons. The molecule has 5 heteroatoms. The fraction of sp³-hybridized carbons (Fsp3) is 0.778. The smallest absolute Gasteiger partial charge is 0.322 e. The van der Waals surface area contributed by atoms with Gasteiger partial charge in [0.25, 0.3) is 0 Å². The summed E-state index contributed by atoms with van der Waals surface area (Å²) in [6.45, 7) is 2.20. The van der Waals surface area contributed by atoms with Crippen molar-refractivity contribution in [2.75, 3.05) is 27.8 Å². The lowest BCUT2D eigenvalue weighted by atomic mass is 10.3. The highest BCUT2D eigenvalue weighted by molar-refractivity contribution is 5.75. The zero-order valence-corrected chi connectivity index (χ0v) is 9.07. The van der Waals surface area contributed by atoms with E-state index in [0.717, 1.165) is 0 Å². The molecule has 0 amide bonds. The van der Waals surface area contributed by atoms with Crippen LogP contribution in [0.4, 0.5) is 0 Å². The number of hydrogen-bond acceptors (Lipinski definition) is 5. The highest BCUT2D eigenvalue weighted by Crippen LogP contribution is 1.99. The Morgan fingerprint density at radius 2 is 1.86 bits per heavy atom. The van der Waals surface area contributed by atoms with Crippen LogP contribution >= 0.6 is 0 Å². The van der Waals surface area contributed by atoms with Gasteiger partial charge in [-0.05, 0) is 14.0 Å². The second-order valence-electron chi connectivity index (χ2n) is 3.01. The van der Waals surface area contributed by atoms with Crippen LogP contribution in [0.15, 0.2) is 0 Å². The molecule has 0 aromatic heterocycles. The Morgan fingerprint density at radius 1 is 1.29 bits per heavy atom. The van der Waals surface area contributed by atoms with E-state index in [4.69, 9.17) is 0 Å². The second-order valence-corrected chi connectivity index (χ2v) is 3.01. The molecule has 0 aromatic rings. The molecule has 0 aliphatic carbocycles. The van der Waals surface area contributed by atoms with Crippen LogP contribution in [0.1, 0.15) is 13.3 Å². The first-order valence-corrected chi connectivity index (χ1v) is 4.37. The summed E-state index contributed by atoms with van der Waals surface area (Å²) in [7, 11) is 4.43. The van der Waals surface area contributed by atoms with E-state index in [0.29, 0.717) is 6.54 Å². The van der Waals surface area contributed by atoms with Crippen molar-refractivity contribution in [3.05, 3.63) is 0 Å². The Labute approximate surface area is 84.0 Å². The first kappa shape index (κ1) is 12.9. The summed E-state index contributed by atoms with van der Waals surface area (Å²) >= 11 is 0. The third-order valence-electron chi connectivity index (χ3n) is 2.10. The standard InChI is InChI=1S/C9H17NO4/c1-7(9(12)14-4)10(2)6-5-8(11)13-3/h7H,5-6H2,1-4H3. The number of ether oxygens (including phenoxy) is 2. The van der Waals surface area contributed by atoms with Gasteiger partial charge in [-0.1, -0.05) is 0 Å². The minimum Gasteiger partial charge on any atom is -0.469 e. The van der Waals surface area contributed by atoms with Gasteiger partial charge in [-0.25, -0.2) is 0 Å². The van der Waals surface area contributed by atoms with E-state index in [1.54, 1.807) is 18.9 Å². The molecule has 0 fully saturated rings. The number of carbonyl (C=O) groups is 2. The first-order valence-electron chi connectivity index (χ1n) is 4.37. The second kappa shape index (κ2) is 6.37. The van der Waals surface area contributed by atoms with Crippen molar-refractivity contribution in [3.63, 3.8) is 0 Å². The first-order chi connectivity index (χ1) is 6.52. The van der Waals surface area contributed by atoms with Crippen LogP contribution in [-0.2, 0) is 19.1 Å². The molecule has 5 nitrogen and oxygen atoms in total. The van der Waals surface area contributed by atoms with E-state index >= 15 is 0 Å². The normalized spacial score (nSPS) is 12.4. The van der Waals surface area contributed by atoms with Gasteiger partial charge in [-0.15, -0.1) is 0 Å². The Hall–Kier alpha value is -1.10. The quantitative estimate of drug-likeness (QED) is 0.591. The number of rotatable bonds is 5. The van der Waals surface area contributed by atoms with Crippen LogP contribution in [-0.4, -0.2) is 50.7 Å². The zero-order valence-electron chi connectivity index (χ0n) is 9.07. The molecule has 0 bridgehead atoms. The third-order valence-corrected chi connectivity index (χ3v) is 2.10. The molecular weight excluding hydrogens is 186 g/mol. The summed E-state index contributed by atoms with van der Waals surface area (Å²) in [5.74, 6) is -0.591. The van der Waals surface area contributed by atoms with Gasteiger partial charge in [-0.3, -0.25) is 14.5 Å². The summed E-state index contributed by atoms with van der Waals surface area (Å²) < 4.78 is 9.05. The number of esters is 2. The monoisotopic (exact) mass is 203 g/mol. The molecule has 0 N–H and O–H groups in total. The van der Waals surface area contributed by atoms with E-state index in [2.05, 4.69) is 9.47 Å². The molecule has 0 spiro atoms. The van der Waals surface area contributed by atoms with Gasteiger partial charge in [-0.2, -0.15) is 0 Å². The molecule has 1 unspecified atom stereocenters. The number of carbonyl (C=O) groups excluding carboxylic acids is 2. The van der Waals surface area contributed by atoms with E-state index in [-0.39, 0.29) is 24.4 Å². The predicted molar refractivity (Wildman–Crippen MR) is 50.7 cm³/mol. The van der Waals surface area contributed by atoms with Crippen LogP contribution < -0.4 is 0 Å². The molecule has 14 heavy (non-hydrogen) atoms. The molecule has 0 radical (unpaired) electrons. The van der Waals surface area contributed by atoms with Gasteiger partial charge >= 0.3 is 11.9 Å². The molecule has 0 aliphatic heterocycles. The average Bonchev–Trinajstić information content (AvgIpc) is 2.22. The van der Waals surface area contributed by atoms with E-state index in [1.807, 2.05) is 0 Å². The Bertz CT molecular complexity index is 205. The SMILES string of the molecule is COC(=O)CCN(C)C(C)C(=O)OC. The summed E-state index contributed by atoms with van der Waals surface area (Å²) in [5, 5.41) is 0. The van der Waals surface area contributed by atoms with Crippen molar-refractivity contribution in [2.24, 2.45) is 0 Å². The lowest BCUT2D eigenvalue weighted by Gasteiger charge is -2.21. The van der Waals surface area contributed by atoms with E-state index in [9.17, 15) is 9.59 Å². The molecule has 1 atom stereocenters. The van der Waals surface area contributed by atoms with Crippen LogP contribution in [0.5, 0.6) is 0 Å². The van der Waals surface area contributed by atoms with Gasteiger partial charge in [0.15, 0.2) is 0 Å². The molecule has 0 saturated carbocycles. The van der Waals surface area contributed by atoms with Crippen LogP contribution in [0.2, 0.25) is 0 Å². The van der Waals surface area contributed by atoms with Gasteiger partial charge in [0.05, 0.1) is 20.6 Å². The fourth-order valence-corrected chi connectivity index (χ4v) is 0.914. The van der Waals surface area contributed by atoms with Crippen LogP contribution in [0.25, 0.3) is 0 Å². The Morgan fingerprint density at radius 3 is 2.29 bits per heavy atom. The summed E-state index contributed by atoms with van der Waals surface area (Å²) in [4.78, 5) is 23.6. The van der Waals surface area contributed by atoms with Crippen molar-refractivity contribution in [1.29, 1.82) is 0 Å². The van der Waals surface area contributed by atoms with Crippen molar-refractivity contribution in [2.45, 2.75) is 19.4 Å². The lowest BCUT2D eigenvalue weighted by Crippen LogP contribution is -2.38. The summed E-state index contributed by atoms with van der Waals surface area (Å²) in [5.41, 5.74) is 0. The number of nitrogens with zero attached hydrogens (tertiary/aromatic N) is 1. The van der Waals surface area contributed by atoms with Crippen molar-refractivity contribution >= 4 is 11.9 Å². The Kier molecular flexibility index (Phi) is 5.87. The number of methoxy groups -OCH3 is 2. The maximum absolute atomic E-state index is 11.1. The predicted octanol–water partition coefficient (Wildman–Crippen LogP) is 0.0428. The lowest BCUT2D eigenvalue weighted by molar-refractivity contribution is -0.147. The molecule has 0 aromatic carbocycles. The summed E-state index contributed by atoms with van der Waals surface area (Å²) in [6.07, 6.45) is 0.272. The largest absolute Gasteiger partial charge is 0.469 e.